The molecule has 1 atom stereocenters. The van der Waals surface area contributed by atoms with Gasteiger partial charge in [0.1, 0.15) is 5.52 Å². The first kappa shape index (κ1) is 10.4. The summed E-state index contributed by atoms with van der Waals surface area (Å²) in [6.45, 7) is 2.57. The van der Waals surface area contributed by atoms with Gasteiger partial charge in [-0.1, -0.05) is 15.9 Å². The van der Waals surface area contributed by atoms with Gasteiger partial charge in [0.2, 0.25) is 0 Å². The molecular formula is C10H12BrN3O. The normalized spacial score (nSPS) is 13.0. The third kappa shape index (κ3) is 2.49. The molecule has 0 fully saturated rings. The van der Waals surface area contributed by atoms with Crippen molar-refractivity contribution >= 4 is 33.0 Å². The summed E-state index contributed by atoms with van der Waals surface area (Å²) in [7, 11) is 0. The molecule has 3 N–H and O–H groups in total. The van der Waals surface area contributed by atoms with Crippen molar-refractivity contribution in [3.8, 4) is 0 Å². The van der Waals surface area contributed by atoms with Crippen molar-refractivity contribution in [1.82, 2.24) is 4.98 Å². The predicted molar refractivity (Wildman–Crippen MR) is 63.8 cm³/mol. The van der Waals surface area contributed by atoms with Gasteiger partial charge in [0.25, 0.3) is 6.01 Å². The number of nitrogens with one attached hydrogen (secondary N) is 1. The fourth-order valence-corrected chi connectivity index (χ4v) is 1.56. The zero-order valence-corrected chi connectivity index (χ0v) is 9.91. The highest BCUT2D eigenvalue weighted by molar-refractivity contribution is 9.10. The molecule has 0 saturated heterocycles. The van der Waals surface area contributed by atoms with E-state index in [-0.39, 0.29) is 6.04 Å². The van der Waals surface area contributed by atoms with Gasteiger partial charge in [0, 0.05) is 17.1 Å². The lowest BCUT2D eigenvalue weighted by Crippen LogP contribution is -2.25. The van der Waals surface area contributed by atoms with Crippen molar-refractivity contribution in [3.05, 3.63) is 22.7 Å². The van der Waals surface area contributed by atoms with Crippen molar-refractivity contribution in [3.63, 3.8) is 0 Å². The molecular weight excluding hydrogens is 258 g/mol. The number of rotatable bonds is 3. The summed E-state index contributed by atoms with van der Waals surface area (Å²) >= 11 is 3.38. The predicted octanol–water partition coefficient (Wildman–Crippen LogP) is 2.35. The molecule has 2 rings (SSSR count). The van der Waals surface area contributed by atoms with E-state index in [1.54, 1.807) is 0 Å². The first-order chi connectivity index (χ1) is 7.15. The monoisotopic (exact) mass is 269 g/mol. The molecule has 0 aliphatic rings. The van der Waals surface area contributed by atoms with Gasteiger partial charge in [-0.3, -0.25) is 0 Å². The Labute approximate surface area is 96.0 Å². The second-order valence-corrected chi connectivity index (χ2v) is 4.40. The molecule has 0 radical (unpaired) electrons. The molecule has 15 heavy (non-hydrogen) atoms. The Hall–Kier alpha value is -1.07. The van der Waals surface area contributed by atoms with Gasteiger partial charge in [-0.25, -0.2) is 0 Å². The zero-order chi connectivity index (χ0) is 10.8. The van der Waals surface area contributed by atoms with E-state index in [1.807, 2.05) is 25.1 Å². The molecule has 0 bridgehead atoms. The highest BCUT2D eigenvalue weighted by Gasteiger charge is 2.05. The first-order valence-corrected chi connectivity index (χ1v) is 5.50. The fourth-order valence-electron chi connectivity index (χ4n) is 1.22. The SMILES string of the molecule is CC(N)CNc1nc2ccc(Br)cc2o1. The summed E-state index contributed by atoms with van der Waals surface area (Å²) in [6.07, 6.45) is 0. The Morgan fingerprint density at radius 3 is 3.13 bits per heavy atom. The van der Waals surface area contributed by atoms with Gasteiger partial charge in [0.15, 0.2) is 5.58 Å². The van der Waals surface area contributed by atoms with Crippen LogP contribution in [0.5, 0.6) is 0 Å². The van der Waals surface area contributed by atoms with Crippen molar-refractivity contribution < 1.29 is 4.42 Å². The van der Waals surface area contributed by atoms with Crippen LogP contribution in [0.1, 0.15) is 6.92 Å². The summed E-state index contributed by atoms with van der Waals surface area (Å²) in [6, 6.07) is 6.31. The lowest BCUT2D eigenvalue weighted by atomic mass is 10.3. The highest BCUT2D eigenvalue weighted by Crippen LogP contribution is 2.22. The summed E-state index contributed by atoms with van der Waals surface area (Å²) in [5.74, 6) is 0. The number of hydrogen-bond donors (Lipinski definition) is 2. The fraction of sp³-hybridized carbons (Fsp3) is 0.300. The minimum atomic E-state index is 0.0757. The Bertz CT molecular complexity index is 467. The molecule has 1 aromatic carbocycles. The number of benzene rings is 1. The summed E-state index contributed by atoms with van der Waals surface area (Å²) in [4.78, 5) is 4.27. The van der Waals surface area contributed by atoms with Crippen molar-refractivity contribution in [2.24, 2.45) is 5.73 Å². The molecule has 0 spiro atoms. The minimum absolute atomic E-state index is 0.0757. The molecule has 1 aromatic heterocycles. The third-order valence-electron chi connectivity index (χ3n) is 1.93. The maximum Gasteiger partial charge on any atom is 0.295 e. The van der Waals surface area contributed by atoms with E-state index >= 15 is 0 Å². The number of hydrogen-bond acceptors (Lipinski definition) is 4. The summed E-state index contributed by atoms with van der Waals surface area (Å²) < 4.78 is 6.47. The lowest BCUT2D eigenvalue weighted by molar-refractivity contribution is 0.607. The minimum Gasteiger partial charge on any atom is -0.424 e. The Kier molecular flexibility index (Phi) is 2.93. The van der Waals surface area contributed by atoms with Crippen LogP contribution in [0, 0.1) is 0 Å². The maximum atomic E-state index is 5.62. The van der Waals surface area contributed by atoms with E-state index in [1.165, 1.54) is 0 Å². The molecule has 5 heteroatoms. The second kappa shape index (κ2) is 4.20. The van der Waals surface area contributed by atoms with Gasteiger partial charge < -0.3 is 15.5 Å². The molecule has 0 saturated carbocycles. The van der Waals surface area contributed by atoms with Crippen LogP contribution in [0.3, 0.4) is 0 Å². The van der Waals surface area contributed by atoms with E-state index in [4.69, 9.17) is 10.2 Å². The molecule has 2 aromatic rings. The number of aromatic nitrogens is 1. The van der Waals surface area contributed by atoms with E-state index in [2.05, 4.69) is 26.2 Å². The molecule has 1 unspecified atom stereocenters. The van der Waals surface area contributed by atoms with Crippen LogP contribution in [0.15, 0.2) is 27.1 Å². The second-order valence-electron chi connectivity index (χ2n) is 3.49. The van der Waals surface area contributed by atoms with Crippen LogP contribution in [-0.2, 0) is 0 Å². The van der Waals surface area contributed by atoms with Crippen LogP contribution in [0.4, 0.5) is 6.01 Å². The topological polar surface area (TPSA) is 64.1 Å². The number of anilines is 1. The molecule has 80 valence electrons. The molecule has 1 heterocycles. The zero-order valence-electron chi connectivity index (χ0n) is 8.33. The van der Waals surface area contributed by atoms with Gasteiger partial charge in [-0.2, -0.15) is 4.98 Å². The van der Waals surface area contributed by atoms with Crippen LogP contribution in [0.25, 0.3) is 11.1 Å². The number of halogens is 1. The average molecular weight is 270 g/mol. The molecule has 0 aliphatic carbocycles. The Morgan fingerprint density at radius 1 is 1.60 bits per heavy atom. The molecule has 0 aliphatic heterocycles. The number of nitrogens with two attached hydrogens (primary N) is 1. The number of nitrogens with zero attached hydrogens (tertiary/aromatic N) is 1. The van der Waals surface area contributed by atoms with Crippen molar-refractivity contribution in [1.29, 1.82) is 0 Å². The van der Waals surface area contributed by atoms with E-state index in [0.29, 0.717) is 12.6 Å². The maximum absolute atomic E-state index is 5.62. The van der Waals surface area contributed by atoms with Crippen LogP contribution < -0.4 is 11.1 Å². The van der Waals surface area contributed by atoms with Gasteiger partial charge in [0.05, 0.1) is 0 Å². The van der Waals surface area contributed by atoms with Crippen molar-refractivity contribution in [2.45, 2.75) is 13.0 Å². The third-order valence-corrected chi connectivity index (χ3v) is 2.42. The van der Waals surface area contributed by atoms with Gasteiger partial charge in [-0.15, -0.1) is 0 Å². The van der Waals surface area contributed by atoms with E-state index in [0.717, 1.165) is 15.6 Å². The first-order valence-electron chi connectivity index (χ1n) is 4.70. The standard InChI is InChI=1S/C10H12BrN3O/c1-6(12)5-13-10-14-8-3-2-7(11)4-9(8)15-10/h2-4,6H,5,12H2,1H3,(H,13,14). The molecule has 0 amide bonds. The number of fused-ring (bicyclic) bond motifs is 1. The van der Waals surface area contributed by atoms with E-state index < -0.39 is 0 Å². The average Bonchev–Trinajstić information content (AvgIpc) is 2.56. The Balaban J connectivity index is 2.23. The van der Waals surface area contributed by atoms with Gasteiger partial charge in [-0.05, 0) is 25.1 Å². The smallest absolute Gasteiger partial charge is 0.295 e. The molecule has 4 nitrogen and oxygen atoms in total. The van der Waals surface area contributed by atoms with E-state index in [9.17, 15) is 0 Å². The highest BCUT2D eigenvalue weighted by atomic mass is 79.9. The van der Waals surface area contributed by atoms with Crippen LogP contribution >= 0.6 is 15.9 Å². The number of oxazole rings is 1. The lowest BCUT2D eigenvalue weighted by Gasteiger charge is -2.03. The Morgan fingerprint density at radius 2 is 2.40 bits per heavy atom. The van der Waals surface area contributed by atoms with Crippen LogP contribution in [-0.4, -0.2) is 17.6 Å². The van der Waals surface area contributed by atoms with Crippen molar-refractivity contribution in [2.75, 3.05) is 11.9 Å². The van der Waals surface area contributed by atoms with Gasteiger partial charge >= 0.3 is 0 Å². The summed E-state index contributed by atoms with van der Waals surface area (Å²) in [5, 5.41) is 3.03. The quantitative estimate of drug-likeness (QED) is 0.898. The largest absolute Gasteiger partial charge is 0.424 e. The summed E-state index contributed by atoms with van der Waals surface area (Å²) in [5.41, 5.74) is 7.22. The van der Waals surface area contributed by atoms with Crippen LogP contribution in [0.2, 0.25) is 0 Å².